The summed E-state index contributed by atoms with van der Waals surface area (Å²) < 4.78 is 1.84. The zero-order valence-corrected chi connectivity index (χ0v) is 14.4. The molecule has 0 saturated carbocycles. The van der Waals surface area contributed by atoms with Gasteiger partial charge in [-0.05, 0) is 48.4 Å². The Kier molecular flexibility index (Phi) is 5.26. The predicted molar refractivity (Wildman–Crippen MR) is 99.6 cm³/mol. The van der Waals surface area contributed by atoms with Crippen LogP contribution < -0.4 is 10.6 Å². The molecule has 128 valence electrons. The van der Waals surface area contributed by atoms with Crippen molar-refractivity contribution in [2.45, 2.75) is 26.4 Å². The number of aromatic nitrogens is 2. The second-order valence-electron chi connectivity index (χ2n) is 6.03. The van der Waals surface area contributed by atoms with Crippen molar-refractivity contribution in [2.24, 2.45) is 0 Å². The van der Waals surface area contributed by atoms with E-state index in [9.17, 15) is 4.79 Å². The van der Waals surface area contributed by atoms with Crippen LogP contribution in [0, 0.1) is 0 Å². The van der Waals surface area contributed by atoms with E-state index in [-0.39, 0.29) is 11.9 Å². The van der Waals surface area contributed by atoms with Gasteiger partial charge in [-0.25, -0.2) is 4.68 Å². The lowest BCUT2D eigenvalue weighted by molar-refractivity contribution is -0.114. The van der Waals surface area contributed by atoms with E-state index in [1.54, 1.807) is 6.20 Å². The van der Waals surface area contributed by atoms with Gasteiger partial charge in [-0.15, -0.1) is 0 Å². The largest absolute Gasteiger partial charge is 0.326 e. The third-order valence-corrected chi connectivity index (χ3v) is 4.02. The first-order chi connectivity index (χ1) is 12.1. The lowest BCUT2D eigenvalue weighted by Crippen LogP contribution is -2.18. The van der Waals surface area contributed by atoms with Gasteiger partial charge in [-0.2, -0.15) is 5.10 Å². The van der Waals surface area contributed by atoms with E-state index >= 15 is 0 Å². The monoisotopic (exact) mass is 334 g/mol. The lowest BCUT2D eigenvalue weighted by atomic mass is 10.1. The average Bonchev–Trinajstić information content (AvgIpc) is 3.14. The standard InChI is InChI=1S/C20H22N4O/c1-15(18-5-3-6-19(13-18)23-16(2)25)21-14-17-7-9-20(10-8-17)24-12-4-11-22-24/h3-13,15,21H,14H2,1-2H3,(H,23,25). The van der Waals surface area contributed by atoms with Crippen LogP contribution in [0.25, 0.3) is 5.69 Å². The number of hydrogen-bond donors (Lipinski definition) is 2. The summed E-state index contributed by atoms with van der Waals surface area (Å²) in [4.78, 5) is 11.2. The average molecular weight is 334 g/mol. The van der Waals surface area contributed by atoms with Gasteiger partial charge in [0.2, 0.25) is 5.91 Å². The highest BCUT2D eigenvalue weighted by molar-refractivity contribution is 5.88. The molecular weight excluding hydrogens is 312 g/mol. The van der Waals surface area contributed by atoms with E-state index in [0.717, 1.165) is 23.5 Å². The lowest BCUT2D eigenvalue weighted by Gasteiger charge is -2.16. The highest BCUT2D eigenvalue weighted by Crippen LogP contribution is 2.18. The van der Waals surface area contributed by atoms with Gasteiger partial charge in [0.25, 0.3) is 0 Å². The first-order valence-corrected chi connectivity index (χ1v) is 8.32. The molecular formula is C20H22N4O. The number of hydrogen-bond acceptors (Lipinski definition) is 3. The summed E-state index contributed by atoms with van der Waals surface area (Å²) in [6, 6.07) is 18.3. The highest BCUT2D eigenvalue weighted by atomic mass is 16.1. The summed E-state index contributed by atoms with van der Waals surface area (Å²) >= 11 is 0. The number of nitrogens with one attached hydrogen (secondary N) is 2. The summed E-state index contributed by atoms with van der Waals surface area (Å²) in [6.45, 7) is 4.40. The SMILES string of the molecule is CC(=O)Nc1cccc(C(C)NCc2ccc(-n3cccn3)cc2)c1. The summed E-state index contributed by atoms with van der Waals surface area (Å²) in [5.41, 5.74) is 4.22. The van der Waals surface area contributed by atoms with Crippen molar-refractivity contribution in [1.82, 2.24) is 15.1 Å². The molecule has 2 aromatic carbocycles. The first kappa shape index (κ1) is 16.9. The van der Waals surface area contributed by atoms with Crippen LogP contribution in [0.3, 0.4) is 0 Å². The third kappa shape index (κ3) is 4.55. The normalized spacial score (nSPS) is 11.9. The van der Waals surface area contributed by atoms with Crippen molar-refractivity contribution >= 4 is 11.6 Å². The summed E-state index contributed by atoms with van der Waals surface area (Å²) in [5, 5.41) is 10.6. The van der Waals surface area contributed by atoms with Gasteiger partial charge < -0.3 is 10.6 Å². The maximum absolute atomic E-state index is 11.2. The van der Waals surface area contributed by atoms with Crippen LogP contribution >= 0.6 is 0 Å². The van der Waals surface area contributed by atoms with Crippen LogP contribution in [0.5, 0.6) is 0 Å². The minimum atomic E-state index is -0.0602. The second kappa shape index (κ2) is 7.77. The van der Waals surface area contributed by atoms with Crippen LogP contribution in [-0.4, -0.2) is 15.7 Å². The van der Waals surface area contributed by atoms with Crippen LogP contribution in [0.4, 0.5) is 5.69 Å². The first-order valence-electron chi connectivity index (χ1n) is 8.32. The van der Waals surface area contributed by atoms with Gasteiger partial charge in [0.15, 0.2) is 0 Å². The van der Waals surface area contributed by atoms with Crippen molar-refractivity contribution in [3.05, 3.63) is 78.1 Å². The van der Waals surface area contributed by atoms with E-state index in [1.807, 2.05) is 35.1 Å². The molecule has 0 spiro atoms. The number of anilines is 1. The van der Waals surface area contributed by atoms with Crippen molar-refractivity contribution < 1.29 is 4.79 Å². The molecule has 0 aliphatic carbocycles. The summed E-state index contributed by atoms with van der Waals surface area (Å²) in [5.74, 6) is -0.0602. The fraction of sp³-hybridized carbons (Fsp3) is 0.200. The molecule has 0 bridgehead atoms. The molecule has 0 aliphatic heterocycles. The van der Waals surface area contributed by atoms with Gasteiger partial charge in [0, 0.05) is 37.6 Å². The van der Waals surface area contributed by atoms with Crippen LogP contribution in [0.15, 0.2) is 67.0 Å². The van der Waals surface area contributed by atoms with E-state index in [2.05, 4.69) is 53.0 Å². The van der Waals surface area contributed by atoms with Gasteiger partial charge in [-0.1, -0.05) is 24.3 Å². The molecule has 5 nitrogen and oxygen atoms in total. The molecule has 3 aromatic rings. The molecule has 2 N–H and O–H groups in total. The molecule has 0 saturated heterocycles. The molecule has 1 aromatic heterocycles. The van der Waals surface area contributed by atoms with Gasteiger partial charge >= 0.3 is 0 Å². The molecule has 1 heterocycles. The molecule has 5 heteroatoms. The fourth-order valence-corrected chi connectivity index (χ4v) is 2.67. The van der Waals surface area contributed by atoms with Gasteiger partial charge in [0.1, 0.15) is 0 Å². The van der Waals surface area contributed by atoms with Crippen LogP contribution in [0.1, 0.15) is 31.0 Å². The van der Waals surface area contributed by atoms with E-state index < -0.39 is 0 Å². The molecule has 25 heavy (non-hydrogen) atoms. The Morgan fingerprint density at radius 1 is 1.16 bits per heavy atom. The van der Waals surface area contributed by atoms with E-state index in [0.29, 0.717) is 0 Å². The molecule has 3 rings (SSSR count). The van der Waals surface area contributed by atoms with Crippen molar-refractivity contribution in [3.63, 3.8) is 0 Å². The van der Waals surface area contributed by atoms with Crippen LogP contribution in [-0.2, 0) is 11.3 Å². The maximum Gasteiger partial charge on any atom is 0.221 e. The van der Waals surface area contributed by atoms with Crippen LogP contribution in [0.2, 0.25) is 0 Å². The molecule has 0 aliphatic rings. The Morgan fingerprint density at radius 3 is 2.64 bits per heavy atom. The van der Waals surface area contributed by atoms with Gasteiger partial charge in [-0.3, -0.25) is 4.79 Å². The number of carbonyl (C=O) groups excluding carboxylic acids is 1. The Labute approximate surface area is 147 Å². The minimum Gasteiger partial charge on any atom is -0.326 e. The third-order valence-electron chi connectivity index (χ3n) is 4.02. The topological polar surface area (TPSA) is 59.0 Å². The number of rotatable bonds is 6. The number of benzene rings is 2. The van der Waals surface area contributed by atoms with Crippen molar-refractivity contribution in [1.29, 1.82) is 0 Å². The molecule has 1 amide bonds. The van der Waals surface area contributed by atoms with Crippen molar-refractivity contribution in [2.75, 3.05) is 5.32 Å². The summed E-state index contributed by atoms with van der Waals surface area (Å²) in [7, 11) is 0. The second-order valence-corrected chi connectivity index (χ2v) is 6.03. The minimum absolute atomic E-state index is 0.0602. The molecule has 0 fully saturated rings. The predicted octanol–water partition coefficient (Wildman–Crippen LogP) is 3.68. The van der Waals surface area contributed by atoms with Gasteiger partial charge in [0.05, 0.1) is 5.69 Å². The maximum atomic E-state index is 11.2. The Morgan fingerprint density at radius 2 is 1.96 bits per heavy atom. The molecule has 1 atom stereocenters. The number of nitrogens with zero attached hydrogens (tertiary/aromatic N) is 2. The zero-order chi connectivity index (χ0) is 17.6. The number of amides is 1. The Hall–Kier alpha value is -2.92. The zero-order valence-electron chi connectivity index (χ0n) is 14.4. The summed E-state index contributed by atoms with van der Waals surface area (Å²) in [6.07, 6.45) is 3.70. The Bertz CT molecular complexity index is 825. The van der Waals surface area contributed by atoms with E-state index in [1.165, 1.54) is 12.5 Å². The number of carbonyl (C=O) groups is 1. The molecule has 1 unspecified atom stereocenters. The smallest absolute Gasteiger partial charge is 0.221 e. The molecule has 0 radical (unpaired) electrons. The van der Waals surface area contributed by atoms with Crippen molar-refractivity contribution in [3.8, 4) is 5.69 Å². The fourth-order valence-electron chi connectivity index (χ4n) is 2.67. The quantitative estimate of drug-likeness (QED) is 0.723. The van der Waals surface area contributed by atoms with E-state index in [4.69, 9.17) is 0 Å². The highest BCUT2D eigenvalue weighted by Gasteiger charge is 2.06. The Balaban J connectivity index is 1.60.